The molecule has 0 aliphatic carbocycles. The lowest BCUT2D eigenvalue weighted by atomic mass is 10.2. The Hall–Kier alpha value is -1.82. The molecule has 0 fully saturated rings. The number of halogens is 2. The number of benzene rings is 1. The van der Waals surface area contributed by atoms with Crippen LogP contribution in [-0.4, -0.2) is 19.0 Å². The maximum atomic E-state index is 13.4. The van der Waals surface area contributed by atoms with Gasteiger partial charge in [0.05, 0.1) is 0 Å². The number of nitrogens with two attached hydrogens (primary N) is 1. The summed E-state index contributed by atoms with van der Waals surface area (Å²) in [4.78, 5) is 11.8. The summed E-state index contributed by atoms with van der Waals surface area (Å²) >= 11 is 5.82. The fourth-order valence-electron chi connectivity index (χ4n) is 1.16. The standard InChI is InChI=1S/C10H12ClFN4O/c1-5-7(11)3-6(4-8(5)12)16(2)9(13)15-10(14)17/h3-4H,1-2H3,(H4,13,14,15,17). The summed E-state index contributed by atoms with van der Waals surface area (Å²) in [5.74, 6) is -0.747. The molecule has 92 valence electrons. The van der Waals surface area contributed by atoms with Crippen molar-refractivity contribution in [1.82, 2.24) is 5.32 Å². The lowest BCUT2D eigenvalue weighted by molar-refractivity contribution is 0.253. The minimum absolute atomic E-state index is 0.249. The van der Waals surface area contributed by atoms with Crippen LogP contribution in [0.2, 0.25) is 5.02 Å². The molecule has 0 heterocycles. The highest BCUT2D eigenvalue weighted by Crippen LogP contribution is 2.25. The Morgan fingerprint density at radius 3 is 2.65 bits per heavy atom. The maximum absolute atomic E-state index is 13.4. The van der Waals surface area contributed by atoms with Crippen LogP contribution in [0.15, 0.2) is 12.1 Å². The number of primary amides is 1. The van der Waals surface area contributed by atoms with Gasteiger partial charge in [0.15, 0.2) is 0 Å². The summed E-state index contributed by atoms with van der Waals surface area (Å²) in [6.07, 6.45) is 0. The fraction of sp³-hybridized carbons (Fsp3) is 0.200. The average molecular weight is 259 g/mol. The van der Waals surface area contributed by atoms with E-state index >= 15 is 0 Å². The van der Waals surface area contributed by atoms with E-state index in [4.69, 9.17) is 22.7 Å². The van der Waals surface area contributed by atoms with Crippen LogP contribution in [-0.2, 0) is 0 Å². The number of nitrogens with one attached hydrogen (secondary N) is 2. The number of hydrogen-bond acceptors (Lipinski definition) is 2. The molecule has 0 saturated carbocycles. The fourth-order valence-corrected chi connectivity index (χ4v) is 1.36. The van der Waals surface area contributed by atoms with E-state index in [-0.39, 0.29) is 11.0 Å². The van der Waals surface area contributed by atoms with Crippen LogP contribution < -0.4 is 16.0 Å². The number of guanidine groups is 1. The van der Waals surface area contributed by atoms with Gasteiger partial charge < -0.3 is 10.6 Å². The molecule has 2 amide bonds. The second-order valence-corrected chi connectivity index (χ2v) is 3.84. The maximum Gasteiger partial charge on any atom is 0.318 e. The van der Waals surface area contributed by atoms with Crippen LogP contribution in [0.1, 0.15) is 5.56 Å². The summed E-state index contributed by atoms with van der Waals surface area (Å²) in [6.45, 7) is 1.55. The lowest BCUT2D eigenvalue weighted by Crippen LogP contribution is -2.44. The molecule has 4 N–H and O–H groups in total. The van der Waals surface area contributed by atoms with Crippen molar-refractivity contribution < 1.29 is 9.18 Å². The lowest BCUT2D eigenvalue weighted by Gasteiger charge is -2.20. The Bertz CT molecular complexity index is 454. The van der Waals surface area contributed by atoms with Crippen molar-refractivity contribution in [3.8, 4) is 0 Å². The minimum Gasteiger partial charge on any atom is -0.351 e. The smallest absolute Gasteiger partial charge is 0.318 e. The number of anilines is 1. The Morgan fingerprint density at radius 1 is 1.59 bits per heavy atom. The molecule has 5 nitrogen and oxygen atoms in total. The van der Waals surface area contributed by atoms with E-state index < -0.39 is 11.8 Å². The molecule has 0 aromatic heterocycles. The van der Waals surface area contributed by atoms with Gasteiger partial charge in [-0.2, -0.15) is 0 Å². The molecule has 0 atom stereocenters. The zero-order valence-corrected chi connectivity index (χ0v) is 10.1. The zero-order valence-electron chi connectivity index (χ0n) is 9.34. The monoisotopic (exact) mass is 258 g/mol. The van der Waals surface area contributed by atoms with Gasteiger partial charge >= 0.3 is 6.03 Å². The van der Waals surface area contributed by atoms with Gasteiger partial charge in [-0.3, -0.25) is 10.7 Å². The molecule has 0 radical (unpaired) electrons. The molecular formula is C10H12ClFN4O. The van der Waals surface area contributed by atoms with E-state index in [1.54, 1.807) is 6.92 Å². The van der Waals surface area contributed by atoms with E-state index in [0.29, 0.717) is 11.3 Å². The van der Waals surface area contributed by atoms with Gasteiger partial charge in [0.2, 0.25) is 5.96 Å². The van der Waals surface area contributed by atoms with Crippen LogP contribution in [0.25, 0.3) is 0 Å². The predicted molar refractivity (Wildman–Crippen MR) is 65.0 cm³/mol. The van der Waals surface area contributed by atoms with Gasteiger partial charge in [0.1, 0.15) is 5.82 Å². The summed E-state index contributed by atoms with van der Waals surface area (Å²) in [7, 11) is 1.48. The van der Waals surface area contributed by atoms with Crippen LogP contribution in [0.3, 0.4) is 0 Å². The van der Waals surface area contributed by atoms with Crippen molar-refractivity contribution in [2.24, 2.45) is 5.73 Å². The highest BCUT2D eigenvalue weighted by atomic mass is 35.5. The molecule has 0 spiro atoms. The Labute approximate surface area is 103 Å². The number of amides is 2. The van der Waals surface area contributed by atoms with Gasteiger partial charge in [-0.15, -0.1) is 0 Å². The number of carbonyl (C=O) groups is 1. The second kappa shape index (κ2) is 5.01. The SMILES string of the molecule is Cc1c(F)cc(N(C)C(=N)NC(N)=O)cc1Cl. The first kappa shape index (κ1) is 13.2. The topological polar surface area (TPSA) is 82.2 Å². The molecule has 7 heteroatoms. The molecule has 1 rings (SSSR count). The van der Waals surface area contributed by atoms with Crippen molar-refractivity contribution in [3.63, 3.8) is 0 Å². The second-order valence-electron chi connectivity index (χ2n) is 3.43. The van der Waals surface area contributed by atoms with E-state index in [2.05, 4.69) is 5.32 Å². The normalized spacial score (nSPS) is 9.88. The molecular weight excluding hydrogens is 247 g/mol. The zero-order chi connectivity index (χ0) is 13.2. The van der Waals surface area contributed by atoms with E-state index in [9.17, 15) is 9.18 Å². The Kier molecular flexibility index (Phi) is 3.90. The highest BCUT2D eigenvalue weighted by molar-refractivity contribution is 6.31. The van der Waals surface area contributed by atoms with Gasteiger partial charge in [-0.25, -0.2) is 9.18 Å². The first-order valence-electron chi connectivity index (χ1n) is 4.67. The first-order chi connectivity index (χ1) is 7.82. The number of hydrogen-bond donors (Lipinski definition) is 3. The van der Waals surface area contributed by atoms with Crippen LogP contribution in [0, 0.1) is 18.2 Å². The molecule has 1 aromatic carbocycles. The van der Waals surface area contributed by atoms with Gasteiger partial charge in [-0.1, -0.05) is 11.6 Å². The van der Waals surface area contributed by atoms with Crippen LogP contribution >= 0.6 is 11.6 Å². The molecule has 0 saturated heterocycles. The molecule has 0 bridgehead atoms. The third kappa shape index (κ3) is 3.07. The summed E-state index contributed by atoms with van der Waals surface area (Å²) < 4.78 is 13.4. The van der Waals surface area contributed by atoms with E-state index in [1.807, 2.05) is 0 Å². The minimum atomic E-state index is -0.861. The quantitative estimate of drug-likeness (QED) is 0.530. The van der Waals surface area contributed by atoms with Crippen molar-refractivity contribution >= 4 is 29.3 Å². The molecule has 0 aliphatic rings. The van der Waals surface area contributed by atoms with E-state index in [1.165, 1.54) is 24.1 Å². The third-order valence-electron chi connectivity index (χ3n) is 2.23. The van der Waals surface area contributed by atoms with Crippen molar-refractivity contribution in [2.45, 2.75) is 6.92 Å². The van der Waals surface area contributed by atoms with Crippen molar-refractivity contribution in [1.29, 1.82) is 5.41 Å². The molecule has 1 aromatic rings. The van der Waals surface area contributed by atoms with Crippen LogP contribution in [0.4, 0.5) is 14.9 Å². The number of rotatable bonds is 1. The number of carbonyl (C=O) groups excluding carboxylic acids is 1. The molecule has 0 aliphatic heterocycles. The van der Waals surface area contributed by atoms with Crippen LogP contribution in [0.5, 0.6) is 0 Å². The number of nitrogens with zero attached hydrogens (tertiary/aromatic N) is 1. The van der Waals surface area contributed by atoms with Gasteiger partial charge in [0.25, 0.3) is 0 Å². The largest absolute Gasteiger partial charge is 0.351 e. The van der Waals surface area contributed by atoms with Gasteiger partial charge in [-0.05, 0) is 19.1 Å². The van der Waals surface area contributed by atoms with Crippen molar-refractivity contribution in [2.75, 3.05) is 11.9 Å². The number of urea groups is 1. The molecule has 17 heavy (non-hydrogen) atoms. The summed E-state index contributed by atoms with van der Waals surface area (Å²) in [6, 6.07) is 1.86. The van der Waals surface area contributed by atoms with Gasteiger partial charge in [0, 0.05) is 23.3 Å². The Balaban J connectivity index is 3.00. The summed E-state index contributed by atoms with van der Waals surface area (Å²) in [5.41, 5.74) is 5.55. The highest BCUT2D eigenvalue weighted by Gasteiger charge is 2.12. The Morgan fingerprint density at radius 2 is 2.18 bits per heavy atom. The van der Waals surface area contributed by atoms with Crippen molar-refractivity contribution in [3.05, 3.63) is 28.5 Å². The third-order valence-corrected chi connectivity index (χ3v) is 2.62. The predicted octanol–water partition coefficient (Wildman–Crippen LogP) is 1.83. The van der Waals surface area contributed by atoms with E-state index in [0.717, 1.165) is 0 Å². The molecule has 0 unspecified atom stereocenters. The first-order valence-corrected chi connectivity index (χ1v) is 5.05. The average Bonchev–Trinajstić information content (AvgIpc) is 2.23. The summed E-state index contributed by atoms with van der Waals surface area (Å²) in [5, 5.41) is 9.83.